The number of rotatable bonds is 5. The molecule has 15 heavy (non-hydrogen) atoms. The van der Waals surface area contributed by atoms with Crippen molar-refractivity contribution in [2.45, 2.75) is 26.7 Å². The summed E-state index contributed by atoms with van der Waals surface area (Å²) in [6, 6.07) is 0. The van der Waals surface area contributed by atoms with E-state index in [1.54, 1.807) is 6.92 Å². The topological polar surface area (TPSA) is 46.5 Å². The Bertz CT molecular complexity index is 235. The molecule has 1 rings (SSSR count). The Labute approximate surface area is 91.1 Å². The van der Waals surface area contributed by atoms with Gasteiger partial charge in [-0.25, -0.2) is 0 Å². The molecule has 0 aromatic carbocycles. The van der Waals surface area contributed by atoms with Gasteiger partial charge in [0.25, 0.3) is 0 Å². The van der Waals surface area contributed by atoms with Crippen LogP contribution in [0.1, 0.15) is 26.7 Å². The average Bonchev–Trinajstić information content (AvgIpc) is 2.25. The lowest BCUT2D eigenvalue weighted by molar-refractivity contribution is -0.143. The van der Waals surface area contributed by atoms with Gasteiger partial charge < -0.3 is 9.84 Å². The Hall–Kier alpha value is -0.830. The maximum Gasteiger partial charge on any atom is 0.306 e. The second kappa shape index (κ2) is 5.91. The number of carboxylic acid groups (broad SMARTS) is 1. The molecule has 0 aliphatic heterocycles. The molecule has 3 heteroatoms. The normalized spacial score (nSPS) is 27.6. The third kappa shape index (κ3) is 3.34. The van der Waals surface area contributed by atoms with E-state index in [2.05, 4.69) is 6.08 Å². The van der Waals surface area contributed by atoms with Crippen LogP contribution in [0, 0.1) is 17.8 Å². The zero-order valence-electron chi connectivity index (χ0n) is 9.48. The lowest BCUT2D eigenvalue weighted by Gasteiger charge is -2.30. The molecule has 86 valence electrons. The molecule has 1 aliphatic rings. The molecule has 0 spiro atoms. The van der Waals surface area contributed by atoms with E-state index < -0.39 is 5.97 Å². The zero-order chi connectivity index (χ0) is 11.3. The highest BCUT2D eigenvalue weighted by molar-refractivity contribution is 5.70. The van der Waals surface area contributed by atoms with Gasteiger partial charge in [0, 0.05) is 13.2 Å². The van der Waals surface area contributed by atoms with Crippen LogP contribution in [0.15, 0.2) is 12.2 Å². The predicted octanol–water partition coefficient (Wildman–Crippen LogP) is 2.33. The lowest BCUT2D eigenvalue weighted by Crippen LogP contribution is -2.30. The van der Waals surface area contributed by atoms with E-state index in [0.29, 0.717) is 19.1 Å². The third-order valence-electron chi connectivity index (χ3n) is 3.11. The second-order valence-electron chi connectivity index (χ2n) is 4.13. The number of aliphatic carboxylic acids is 1. The summed E-state index contributed by atoms with van der Waals surface area (Å²) in [6.07, 6.45) is 6.22. The monoisotopic (exact) mass is 212 g/mol. The van der Waals surface area contributed by atoms with Gasteiger partial charge in [-0.1, -0.05) is 19.1 Å². The Balaban J connectivity index is 2.60. The van der Waals surface area contributed by atoms with Crippen molar-refractivity contribution in [3.05, 3.63) is 12.2 Å². The predicted molar refractivity (Wildman–Crippen MR) is 58.6 cm³/mol. The van der Waals surface area contributed by atoms with Gasteiger partial charge in [-0.15, -0.1) is 0 Å². The molecule has 0 fully saturated rings. The van der Waals surface area contributed by atoms with Crippen molar-refractivity contribution < 1.29 is 14.6 Å². The number of carbonyl (C=O) groups is 1. The Morgan fingerprint density at radius 2 is 2.40 bits per heavy atom. The Kier molecular flexibility index (Phi) is 4.82. The summed E-state index contributed by atoms with van der Waals surface area (Å²) in [6.45, 7) is 5.13. The van der Waals surface area contributed by atoms with Crippen molar-refractivity contribution in [1.29, 1.82) is 0 Å². The van der Waals surface area contributed by atoms with Crippen LogP contribution in [-0.2, 0) is 9.53 Å². The number of carboxylic acids is 1. The quantitative estimate of drug-likeness (QED) is 0.711. The van der Waals surface area contributed by atoms with Gasteiger partial charge in [0.15, 0.2) is 0 Å². The van der Waals surface area contributed by atoms with Crippen LogP contribution in [0.3, 0.4) is 0 Å². The Morgan fingerprint density at radius 1 is 1.67 bits per heavy atom. The van der Waals surface area contributed by atoms with Crippen molar-refractivity contribution >= 4 is 5.97 Å². The van der Waals surface area contributed by atoms with Gasteiger partial charge in [0.1, 0.15) is 0 Å². The standard InChI is InChI=1S/C12H20O3/c1-3-15-8-10-6-4-5-7-11(10)9(2)12(13)14/h5,7,9-11H,3-4,6,8H2,1-2H3,(H,13,14). The van der Waals surface area contributed by atoms with Crippen LogP contribution in [-0.4, -0.2) is 24.3 Å². The molecule has 3 nitrogen and oxygen atoms in total. The van der Waals surface area contributed by atoms with Crippen molar-refractivity contribution in [3.63, 3.8) is 0 Å². The first-order valence-electron chi connectivity index (χ1n) is 5.64. The lowest BCUT2D eigenvalue weighted by atomic mass is 9.77. The Morgan fingerprint density at radius 3 is 3.00 bits per heavy atom. The third-order valence-corrected chi connectivity index (χ3v) is 3.11. The minimum absolute atomic E-state index is 0.128. The molecule has 0 saturated carbocycles. The summed E-state index contributed by atoms with van der Waals surface area (Å²) in [5.74, 6) is -0.538. The number of allylic oxidation sites excluding steroid dienone is 2. The SMILES string of the molecule is CCOCC1CCC=CC1C(C)C(=O)O. The van der Waals surface area contributed by atoms with Gasteiger partial charge in [-0.05, 0) is 31.6 Å². The molecule has 0 aromatic heterocycles. The summed E-state index contributed by atoms with van der Waals surface area (Å²) in [7, 11) is 0. The fourth-order valence-corrected chi connectivity index (χ4v) is 2.12. The van der Waals surface area contributed by atoms with E-state index in [-0.39, 0.29) is 11.8 Å². The summed E-state index contributed by atoms with van der Waals surface area (Å²) in [4.78, 5) is 10.9. The summed E-state index contributed by atoms with van der Waals surface area (Å²) in [5, 5.41) is 9.00. The van der Waals surface area contributed by atoms with E-state index in [9.17, 15) is 4.79 Å². The largest absolute Gasteiger partial charge is 0.481 e. The molecule has 0 radical (unpaired) electrons. The maximum absolute atomic E-state index is 10.9. The summed E-state index contributed by atoms with van der Waals surface area (Å²) >= 11 is 0. The van der Waals surface area contributed by atoms with Gasteiger partial charge >= 0.3 is 5.97 Å². The zero-order valence-corrected chi connectivity index (χ0v) is 9.48. The van der Waals surface area contributed by atoms with E-state index in [0.717, 1.165) is 12.8 Å². The molecule has 3 atom stereocenters. The molecule has 0 saturated heterocycles. The highest BCUT2D eigenvalue weighted by Crippen LogP contribution is 2.31. The molecular formula is C12H20O3. The number of hydrogen-bond acceptors (Lipinski definition) is 2. The highest BCUT2D eigenvalue weighted by Gasteiger charge is 2.30. The smallest absolute Gasteiger partial charge is 0.306 e. The average molecular weight is 212 g/mol. The first kappa shape index (κ1) is 12.2. The second-order valence-corrected chi connectivity index (χ2v) is 4.13. The van der Waals surface area contributed by atoms with Crippen LogP contribution in [0.4, 0.5) is 0 Å². The molecule has 0 aromatic rings. The molecule has 1 N–H and O–H groups in total. The first-order valence-corrected chi connectivity index (χ1v) is 5.64. The van der Waals surface area contributed by atoms with Gasteiger partial charge in [0.2, 0.25) is 0 Å². The number of hydrogen-bond donors (Lipinski definition) is 1. The van der Waals surface area contributed by atoms with E-state index in [4.69, 9.17) is 9.84 Å². The van der Waals surface area contributed by atoms with Gasteiger partial charge in [-0.3, -0.25) is 4.79 Å². The minimum atomic E-state index is -0.715. The van der Waals surface area contributed by atoms with Crippen LogP contribution in [0.5, 0.6) is 0 Å². The van der Waals surface area contributed by atoms with Crippen LogP contribution in [0.2, 0.25) is 0 Å². The fraction of sp³-hybridized carbons (Fsp3) is 0.750. The number of ether oxygens (including phenoxy) is 1. The fourth-order valence-electron chi connectivity index (χ4n) is 2.12. The maximum atomic E-state index is 10.9. The van der Waals surface area contributed by atoms with Gasteiger partial charge in [-0.2, -0.15) is 0 Å². The molecule has 0 bridgehead atoms. The first-order chi connectivity index (χ1) is 7.16. The van der Waals surface area contributed by atoms with Crippen LogP contribution in [0.25, 0.3) is 0 Å². The summed E-state index contributed by atoms with van der Waals surface area (Å²) < 4.78 is 5.41. The molecule has 3 unspecified atom stereocenters. The minimum Gasteiger partial charge on any atom is -0.481 e. The molecule has 0 heterocycles. The molecule has 1 aliphatic carbocycles. The van der Waals surface area contributed by atoms with E-state index in [1.807, 2.05) is 13.0 Å². The van der Waals surface area contributed by atoms with E-state index >= 15 is 0 Å². The van der Waals surface area contributed by atoms with Crippen LogP contribution >= 0.6 is 0 Å². The van der Waals surface area contributed by atoms with Crippen LogP contribution < -0.4 is 0 Å². The summed E-state index contributed by atoms with van der Waals surface area (Å²) in [5.41, 5.74) is 0. The van der Waals surface area contributed by atoms with Crippen molar-refractivity contribution in [3.8, 4) is 0 Å². The molecule has 0 amide bonds. The highest BCUT2D eigenvalue weighted by atomic mass is 16.5. The van der Waals surface area contributed by atoms with Crippen molar-refractivity contribution in [1.82, 2.24) is 0 Å². The van der Waals surface area contributed by atoms with Crippen molar-refractivity contribution in [2.75, 3.05) is 13.2 Å². The van der Waals surface area contributed by atoms with Gasteiger partial charge in [0.05, 0.1) is 5.92 Å². The van der Waals surface area contributed by atoms with E-state index in [1.165, 1.54) is 0 Å². The molecular weight excluding hydrogens is 192 g/mol. The van der Waals surface area contributed by atoms with Crippen molar-refractivity contribution in [2.24, 2.45) is 17.8 Å².